The summed E-state index contributed by atoms with van der Waals surface area (Å²) >= 11 is 0. The zero-order valence-electron chi connectivity index (χ0n) is 62.4. The Morgan fingerprint density at radius 1 is 0.316 bits per heavy atom. The van der Waals surface area contributed by atoms with Crippen LogP contribution in [0, 0.1) is 0 Å². The zero-order valence-corrected chi connectivity index (χ0v) is 63.3. The molecule has 0 fully saturated rings. The maximum atomic E-state index is 12.8. The number of allylic oxidation sites excluding steroid dienone is 16. The molecule has 2 unspecified atom stereocenters. The normalized spacial score (nSPS) is 13.3. The second kappa shape index (κ2) is 79.9. The summed E-state index contributed by atoms with van der Waals surface area (Å²) in [6, 6.07) is 0. The SMILES string of the molecule is CC/C=C\C/C=C\C/C=C\C/C=C\CCCCCCCCCCCCCCCCCCCCCCCCCCCCC(=O)OC(COC(=O)CCCCCCCCCCCCCCCCCCCCCCCC/C=C\C/C=C\C/C=C\C/C=C\CC)COP(=O)(O)OCCN. The molecule has 0 heterocycles. The first kappa shape index (κ1) is 91.9. The lowest BCUT2D eigenvalue weighted by atomic mass is 10.0. The Hall–Kier alpha value is -3.07. The first-order valence-corrected chi connectivity index (χ1v) is 42.2. The van der Waals surface area contributed by atoms with E-state index in [4.69, 9.17) is 24.3 Å². The number of phosphoric acid groups is 1. The van der Waals surface area contributed by atoms with Crippen LogP contribution in [0.4, 0.5) is 0 Å². The molecule has 0 aliphatic carbocycles. The molecule has 0 aliphatic rings. The van der Waals surface area contributed by atoms with E-state index in [2.05, 4.69) is 111 Å². The van der Waals surface area contributed by atoms with Crippen molar-refractivity contribution in [2.24, 2.45) is 5.73 Å². The molecule has 2 atom stereocenters. The number of hydrogen-bond donors (Lipinski definition) is 2. The summed E-state index contributed by atoms with van der Waals surface area (Å²) in [7, 11) is -4.40. The first-order valence-electron chi connectivity index (χ1n) is 40.7. The molecular formula is C85H154NO8P. The van der Waals surface area contributed by atoms with Crippen LogP contribution in [0.1, 0.15) is 399 Å². The predicted molar refractivity (Wildman–Crippen MR) is 413 cm³/mol. The van der Waals surface area contributed by atoms with Crippen LogP contribution in [0.2, 0.25) is 0 Å². The van der Waals surface area contributed by atoms with Crippen molar-refractivity contribution < 1.29 is 37.6 Å². The van der Waals surface area contributed by atoms with Gasteiger partial charge in [0.25, 0.3) is 0 Å². The van der Waals surface area contributed by atoms with E-state index >= 15 is 0 Å². The van der Waals surface area contributed by atoms with Crippen LogP contribution in [-0.2, 0) is 32.7 Å². The van der Waals surface area contributed by atoms with Gasteiger partial charge < -0.3 is 20.1 Å². The number of nitrogens with two attached hydrogens (primary N) is 1. The molecule has 0 radical (unpaired) electrons. The fraction of sp³-hybridized carbons (Fsp3) is 0.788. The van der Waals surface area contributed by atoms with Gasteiger partial charge in [0.1, 0.15) is 6.61 Å². The minimum absolute atomic E-state index is 0.0543. The molecule has 0 amide bonds. The number of esters is 2. The van der Waals surface area contributed by atoms with Crippen molar-refractivity contribution in [3.8, 4) is 0 Å². The molecule has 0 bridgehead atoms. The third-order valence-corrected chi connectivity index (χ3v) is 18.9. The van der Waals surface area contributed by atoms with Crippen LogP contribution in [0.5, 0.6) is 0 Å². The Morgan fingerprint density at radius 3 is 0.811 bits per heavy atom. The molecule has 3 N–H and O–H groups in total. The van der Waals surface area contributed by atoms with Crippen molar-refractivity contribution >= 4 is 19.8 Å². The maximum absolute atomic E-state index is 12.8. The number of unbranched alkanes of at least 4 members (excludes halogenated alkanes) is 48. The molecule has 0 saturated carbocycles. The van der Waals surface area contributed by atoms with Gasteiger partial charge in [0.05, 0.1) is 13.2 Å². The number of ether oxygens (including phenoxy) is 2. The van der Waals surface area contributed by atoms with E-state index < -0.39 is 26.5 Å². The molecule has 0 spiro atoms. The highest BCUT2D eigenvalue weighted by Crippen LogP contribution is 2.43. The Morgan fingerprint density at radius 2 is 0.547 bits per heavy atom. The Bertz CT molecular complexity index is 1890. The van der Waals surface area contributed by atoms with E-state index in [1.54, 1.807) is 0 Å². The molecule has 0 aromatic carbocycles. The Labute approximate surface area is 588 Å². The topological polar surface area (TPSA) is 134 Å². The molecule has 0 aromatic rings. The summed E-state index contributed by atoms with van der Waals surface area (Å²) < 4.78 is 33.3. The van der Waals surface area contributed by atoms with Gasteiger partial charge in [0.15, 0.2) is 6.10 Å². The van der Waals surface area contributed by atoms with Gasteiger partial charge in [-0.25, -0.2) is 4.57 Å². The fourth-order valence-corrected chi connectivity index (χ4v) is 12.8. The zero-order chi connectivity index (χ0) is 68.6. The summed E-state index contributed by atoms with van der Waals surface area (Å²) in [6.45, 7) is 3.58. The number of phosphoric ester groups is 1. The van der Waals surface area contributed by atoms with E-state index in [0.29, 0.717) is 6.42 Å². The van der Waals surface area contributed by atoms with Gasteiger partial charge in [-0.15, -0.1) is 0 Å². The van der Waals surface area contributed by atoms with E-state index in [1.807, 2.05) is 0 Å². The summed E-state index contributed by atoms with van der Waals surface area (Å²) in [6.07, 6.45) is 110. The fourth-order valence-electron chi connectivity index (χ4n) is 12.0. The molecule has 0 aliphatic heterocycles. The van der Waals surface area contributed by atoms with Crippen molar-refractivity contribution in [2.45, 2.75) is 405 Å². The molecule has 0 aromatic heterocycles. The van der Waals surface area contributed by atoms with Crippen molar-refractivity contribution in [3.05, 3.63) is 97.2 Å². The average Bonchev–Trinajstić information content (AvgIpc) is 3.16. The molecule has 0 saturated heterocycles. The number of carbonyl (C=O) groups excluding carboxylic acids is 2. The molecule has 9 nitrogen and oxygen atoms in total. The highest BCUT2D eigenvalue weighted by Gasteiger charge is 2.26. The lowest BCUT2D eigenvalue weighted by molar-refractivity contribution is -0.161. The Kier molecular flexibility index (Phi) is 77.3. The highest BCUT2D eigenvalue weighted by molar-refractivity contribution is 7.47. The molecule has 0 rings (SSSR count). The molecule has 95 heavy (non-hydrogen) atoms. The minimum Gasteiger partial charge on any atom is -0.462 e. The van der Waals surface area contributed by atoms with E-state index in [1.165, 1.54) is 283 Å². The Balaban J connectivity index is 3.75. The van der Waals surface area contributed by atoms with Crippen molar-refractivity contribution in [3.63, 3.8) is 0 Å². The molecular weight excluding hydrogens is 1190 g/mol. The summed E-state index contributed by atoms with van der Waals surface area (Å²) in [4.78, 5) is 35.5. The smallest absolute Gasteiger partial charge is 0.462 e. The average molecular weight is 1350 g/mol. The van der Waals surface area contributed by atoms with E-state index in [9.17, 15) is 19.0 Å². The van der Waals surface area contributed by atoms with E-state index in [0.717, 1.165) is 83.5 Å². The standard InChI is InChI=1S/C85H154NO8P/c1-3-5-7-9-11-13-15-17-19-21-23-25-27-29-31-33-35-37-39-40-41-42-44-46-48-50-52-54-56-58-60-62-64-66-68-70-72-74-76-78-85(88)94-83(82-93-95(89,90)92-80-79-86)81-91-84(87)77-75-73-71-69-67-65-63-61-59-57-55-53-51-49-47-45-43-38-36-34-32-30-28-26-24-22-20-18-16-14-12-10-8-6-4-2/h5-8,11-14,17-20,23-26,83H,3-4,9-10,15-16,21-22,27-82,86H2,1-2H3,(H,89,90)/b7-5-,8-6-,13-11-,14-12-,19-17-,20-18-,25-23-,26-24-. The summed E-state index contributed by atoms with van der Waals surface area (Å²) in [5.74, 6) is -0.806. The monoisotopic (exact) mass is 1350 g/mol. The van der Waals surface area contributed by atoms with Crippen molar-refractivity contribution in [1.82, 2.24) is 0 Å². The van der Waals surface area contributed by atoms with E-state index in [-0.39, 0.29) is 38.6 Å². The minimum atomic E-state index is -4.40. The van der Waals surface area contributed by atoms with Crippen LogP contribution >= 0.6 is 7.82 Å². The van der Waals surface area contributed by atoms with Crippen LogP contribution < -0.4 is 5.73 Å². The van der Waals surface area contributed by atoms with Crippen LogP contribution in [0.15, 0.2) is 97.2 Å². The van der Waals surface area contributed by atoms with Gasteiger partial charge in [-0.2, -0.15) is 0 Å². The number of carbonyl (C=O) groups is 2. The lowest BCUT2D eigenvalue weighted by Crippen LogP contribution is -2.29. The van der Waals surface area contributed by atoms with Crippen molar-refractivity contribution in [2.75, 3.05) is 26.4 Å². The van der Waals surface area contributed by atoms with Gasteiger partial charge in [0.2, 0.25) is 0 Å². The summed E-state index contributed by atoms with van der Waals surface area (Å²) in [5.41, 5.74) is 5.42. The van der Waals surface area contributed by atoms with Gasteiger partial charge >= 0.3 is 19.8 Å². The summed E-state index contributed by atoms with van der Waals surface area (Å²) in [5, 5.41) is 0. The van der Waals surface area contributed by atoms with Gasteiger partial charge in [0, 0.05) is 19.4 Å². The van der Waals surface area contributed by atoms with Crippen LogP contribution in [0.25, 0.3) is 0 Å². The van der Waals surface area contributed by atoms with Gasteiger partial charge in [-0.05, 0) is 89.9 Å². The molecule has 10 heteroatoms. The largest absolute Gasteiger partial charge is 0.472 e. The number of hydrogen-bond acceptors (Lipinski definition) is 8. The maximum Gasteiger partial charge on any atom is 0.472 e. The molecule has 552 valence electrons. The van der Waals surface area contributed by atoms with Gasteiger partial charge in [-0.3, -0.25) is 18.6 Å². The second-order valence-corrected chi connectivity index (χ2v) is 28.7. The van der Waals surface area contributed by atoms with Crippen molar-refractivity contribution in [1.29, 1.82) is 0 Å². The first-order chi connectivity index (χ1) is 46.8. The highest BCUT2D eigenvalue weighted by atomic mass is 31.2. The number of rotatable bonds is 77. The lowest BCUT2D eigenvalue weighted by Gasteiger charge is -2.19. The predicted octanol–water partition coefficient (Wildman–Crippen LogP) is 27.4. The van der Waals surface area contributed by atoms with Crippen LogP contribution in [0.3, 0.4) is 0 Å². The quantitative estimate of drug-likeness (QED) is 0.0264. The van der Waals surface area contributed by atoms with Crippen LogP contribution in [-0.4, -0.2) is 49.3 Å². The third kappa shape index (κ3) is 79.8. The third-order valence-electron chi connectivity index (χ3n) is 18.0. The van der Waals surface area contributed by atoms with Gasteiger partial charge in [-0.1, -0.05) is 394 Å². The second-order valence-electron chi connectivity index (χ2n) is 27.2.